The van der Waals surface area contributed by atoms with Gasteiger partial charge in [0, 0.05) is 24.0 Å². The minimum atomic E-state index is -4.48. The number of methoxy groups -OCH3 is 1. The van der Waals surface area contributed by atoms with E-state index < -0.39 is 47.6 Å². The van der Waals surface area contributed by atoms with E-state index in [-0.39, 0.29) is 11.4 Å². The van der Waals surface area contributed by atoms with Crippen LogP contribution in [0.15, 0.2) is 42.7 Å². The highest BCUT2D eigenvalue weighted by molar-refractivity contribution is 5.97. The first kappa shape index (κ1) is 24.9. The minimum absolute atomic E-state index is 0.0467. The number of aromatic nitrogens is 2. The number of halogens is 3. The summed E-state index contributed by atoms with van der Waals surface area (Å²) < 4.78 is 51.4. The number of esters is 1. The topological polar surface area (TPSA) is 103 Å². The zero-order valence-electron chi connectivity index (χ0n) is 18.9. The number of nitrogens with zero attached hydrogens (tertiary/aromatic N) is 2. The number of hydrogen-bond acceptors (Lipinski definition) is 6. The molecule has 11 heteroatoms. The Morgan fingerprint density at radius 1 is 1.15 bits per heavy atom. The van der Waals surface area contributed by atoms with Crippen LogP contribution in [0.5, 0.6) is 11.5 Å². The highest BCUT2D eigenvalue weighted by Crippen LogP contribution is 2.33. The Morgan fingerprint density at radius 2 is 1.85 bits per heavy atom. The molecule has 0 spiro atoms. The number of nitrogens with one attached hydrogen (secondary N) is 1. The lowest BCUT2D eigenvalue weighted by molar-refractivity contribution is -0.151. The molecular weight excluding hydrogens is 455 g/mol. The van der Waals surface area contributed by atoms with E-state index in [9.17, 15) is 27.9 Å². The molecule has 2 aromatic heterocycles. The Bertz CT molecular complexity index is 1210. The Labute approximate surface area is 193 Å². The summed E-state index contributed by atoms with van der Waals surface area (Å²) in [5.41, 5.74) is -0.742. The fourth-order valence-corrected chi connectivity index (χ4v) is 3.38. The summed E-state index contributed by atoms with van der Waals surface area (Å²) in [5, 5.41) is 13.1. The number of fused-ring (bicyclic) bond motifs is 1. The van der Waals surface area contributed by atoms with Gasteiger partial charge in [-0.05, 0) is 44.4 Å². The largest absolute Gasteiger partial charge is 0.503 e. The summed E-state index contributed by atoms with van der Waals surface area (Å²) in [5.74, 6) is -1.99. The molecule has 8 nitrogen and oxygen atoms in total. The molecule has 0 saturated carbocycles. The molecule has 0 aliphatic rings. The first-order valence-corrected chi connectivity index (χ1v) is 10.3. The lowest BCUT2D eigenvalue weighted by Gasteiger charge is -2.25. The van der Waals surface area contributed by atoms with Crippen LogP contribution in [-0.4, -0.2) is 45.8 Å². The van der Waals surface area contributed by atoms with E-state index in [1.807, 2.05) is 0 Å². The predicted molar refractivity (Wildman–Crippen MR) is 117 cm³/mol. The van der Waals surface area contributed by atoms with Crippen LogP contribution in [0.2, 0.25) is 0 Å². The van der Waals surface area contributed by atoms with E-state index in [1.165, 1.54) is 32.4 Å². The van der Waals surface area contributed by atoms with Gasteiger partial charge < -0.3 is 24.5 Å². The van der Waals surface area contributed by atoms with Crippen LogP contribution in [0, 0.1) is 0 Å². The maximum absolute atomic E-state index is 13.1. The van der Waals surface area contributed by atoms with Crippen molar-refractivity contribution in [2.75, 3.05) is 7.11 Å². The average molecular weight is 479 g/mol. The molecule has 34 heavy (non-hydrogen) atoms. The van der Waals surface area contributed by atoms with E-state index in [1.54, 1.807) is 30.7 Å². The predicted octanol–water partition coefficient (Wildman–Crippen LogP) is 4.08. The van der Waals surface area contributed by atoms with E-state index in [2.05, 4.69) is 10.3 Å². The molecule has 0 aliphatic heterocycles. The van der Waals surface area contributed by atoms with Crippen LogP contribution in [0.3, 0.4) is 0 Å². The summed E-state index contributed by atoms with van der Waals surface area (Å²) in [6, 6.07) is 4.91. The zero-order valence-corrected chi connectivity index (χ0v) is 18.9. The molecule has 3 rings (SSSR count). The highest BCUT2D eigenvalue weighted by Gasteiger charge is 2.31. The van der Waals surface area contributed by atoms with Crippen LogP contribution >= 0.6 is 0 Å². The van der Waals surface area contributed by atoms with Gasteiger partial charge in [0.1, 0.15) is 12.1 Å². The SMILES string of the molecule is COc1ccnc(C(=O)NC(C)C(=O)OC(C)C(C)n2ccc3ccc(C(F)(F)F)cc32)c1O. The number of pyridine rings is 1. The number of hydrogen-bond donors (Lipinski definition) is 2. The summed E-state index contributed by atoms with van der Waals surface area (Å²) >= 11 is 0. The van der Waals surface area contributed by atoms with Crippen molar-refractivity contribution >= 4 is 22.8 Å². The maximum atomic E-state index is 13.1. The number of benzene rings is 1. The van der Waals surface area contributed by atoms with Crippen LogP contribution in [0.25, 0.3) is 10.9 Å². The van der Waals surface area contributed by atoms with Gasteiger partial charge in [-0.1, -0.05) is 6.07 Å². The third-order valence-electron chi connectivity index (χ3n) is 5.49. The third-order valence-corrected chi connectivity index (χ3v) is 5.49. The summed E-state index contributed by atoms with van der Waals surface area (Å²) in [4.78, 5) is 28.8. The molecule has 0 radical (unpaired) electrons. The van der Waals surface area contributed by atoms with Gasteiger partial charge >= 0.3 is 12.1 Å². The quantitative estimate of drug-likeness (QED) is 0.495. The van der Waals surface area contributed by atoms with Crippen molar-refractivity contribution in [1.29, 1.82) is 0 Å². The van der Waals surface area contributed by atoms with Crippen LogP contribution < -0.4 is 10.1 Å². The van der Waals surface area contributed by atoms with Gasteiger partial charge in [-0.2, -0.15) is 13.2 Å². The minimum Gasteiger partial charge on any atom is -0.503 e. The molecule has 1 amide bonds. The third kappa shape index (κ3) is 5.08. The van der Waals surface area contributed by atoms with Gasteiger partial charge in [-0.25, -0.2) is 9.78 Å². The normalized spacial score (nSPS) is 14.3. The van der Waals surface area contributed by atoms with Crippen molar-refractivity contribution in [1.82, 2.24) is 14.9 Å². The fourth-order valence-electron chi connectivity index (χ4n) is 3.38. The van der Waals surface area contributed by atoms with Gasteiger partial charge in [0.2, 0.25) is 0 Å². The number of carbonyl (C=O) groups is 2. The molecule has 182 valence electrons. The van der Waals surface area contributed by atoms with Gasteiger partial charge in [0.05, 0.1) is 18.7 Å². The molecule has 1 aromatic carbocycles. The molecule has 0 aliphatic carbocycles. The van der Waals surface area contributed by atoms with E-state index in [0.29, 0.717) is 10.9 Å². The number of ether oxygens (including phenoxy) is 2. The standard InChI is InChI=1S/C23H24F3N3O5/c1-12(28-21(31)19-20(30)18(33-4)7-9-27-19)22(32)34-14(3)13(2)29-10-8-15-5-6-16(11-17(15)29)23(24,25)26/h5-14,30H,1-4H3,(H,28,31). The van der Waals surface area contributed by atoms with Crippen molar-refractivity contribution in [3.8, 4) is 11.5 Å². The number of rotatable bonds is 7. The number of carbonyl (C=O) groups excluding carboxylic acids is 2. The molecule has 0 fully saturated rings. The summed E-state index contributed by atoms with van der Waals surface area (Å²) in [7, 11) is 1.32. The molecular formula is C23H24F3N3O5. The van der Waals surface area contributed by atoms with E-state index in [0.717, 1.165) is 12.1 Å². The highest BCUT2D eigenvalue weighted by atomic mass is 19.4. The Hall–Kier alpha value is -3.76. The number of aromatic hydroxyl groups is 1. The van der Waals surface area contributed by atoms with Crippen molar-refractivity contribution < 1.29 is 37.3 Å². The molecule has 2 heterocycles. The van der Waals surface area contributed by atoms with Crippen LogP contribution in [0.4, 0.5) is 13.2 Å². The summed E-state index contributed by atoms with van der Waals surface area (Å²) in [6.45, 7) is 4.71. The molecule has 0 bridgehead atoms. The lowest BCUT2D eigenvalue weighted by Crippen LogP contribution is -2.41. The van der Waals surface area contributed by atoms with Gasteiger partial charge in [0.15, 0.2) is 17.2 Å². The van der Waals surface area contributed by atoms with Gasteiger partial charge in [0.25, 0.3) is 5.91 Å². The molecule has 3 atom stereocenters. The monoisotopic (exact) mass is 479 g/mol. The zero-order chi connectivity index (χ0) is 25.2. The maximum Gasteiger partial charge on any atom is 0.416 e. The Morgan fingerprint density at radius 3 is 2.50 bits per heavy atom. The number of alkyl halides is 3. The number of amides is 1. The van der Waals surface area contributed by atoms with Crippen LogP contribution in [0.1, 0.15) is 42.9 Å². The second-order valence-corrected chi connectivity index (χ2v) is 7.78. The fraction of sp³-hybridized carbons (Fsp3) is 0.348. The summed E-state index contributed by atoms with van der Waals surface area (Å²) in [6.07, 6.45) is -2.32. The smallest absolute Gasteiger partial charge is 0.416 e. The Balaban J connectivity index is 1.70. The van der Waals surface area contributed by atoms with Crippen LogP contribution in [-0.2, 0) is 15.7 Å². The van der Waals surface area contributed by atoms with Crippen molar-refractivity contribution in [3.05, 3.63) is 54.0 Å². The molecule has 0 saturated heterocycles. The van der Waals surface area contributed by atoms with E-state index >= 15 is 0 Å². The molecule has 2 N–H and O–H groups in total. The first-order chi connectivity index (χ1) is 15.9. The van der Waals surface area contributed by atoms with E-state index in [4.69, 9.17) is 9.47 Å². The first-order valence-electron chi connectivity index (χ1n) is 10.3. The second kappa shape index (κ2) is 9.62. The van der Waals surface area contributed by atoms with Crippen molar-refractivity contribution in [3.63, 3.8) is 0 Å². The lowest BCUT2D eigenvalue weighted by atomic mass is 10.1. The second-order valence-electron chi connectivity index (χ2n) is 7.78. The van der Waals surface area contributed by atoms with Gasteiger partial charge in [-0.3, -0.25) is 4.79 Å². The molecule has 3 aromatic rings. The molecule has 3 unspecified atom stereocenters. The Kier molecular flexibility index (Phi) is 7.04. The van der Waals surface area contributed by atoms with Crippen molar-refractivity contribution in [2.24, 2.45) is 0 Å². The van der Waals surface area contributed by atoms with Gasteiger partial charge in [-0.15, -0.1) is 0 Å². The van der Waals surface area contributed by atoms with Crippen molar-refractivity contribution in [2.45, 2.75) is 45.1 Å². The average Bonchev–Trinajstić information content (AvgIpc) is 3.21.